The van der Waals surface area contributed by atoms with Crippen molar-refractivity contribution in [3.63, 3.8) is 0 Å². The van der Waals surface area contributed by atoms with Crippen LogP contribution in [0.5, 0.6) is 0 Å². The molecular weight excluding hydrogens is 322 g/mol. The van der Waals surface area contributed by atoms with E-state index in [1.54, 1.807) is 6.07 Å². The summed E-state index contributed by atoms with van der Waals surface area (Å²) in [5.41, 5.74) is 0.944. The van der Waals surface area contributed by atoms with Crippen molar-refractivity contribution in [2.75, 3.05) is 0 Å². The molecule has 1 fully saturated rings. The topological polar surface area (TPSA) is 0 Å². The molecule has 1 aliphatic rings. The van der Waals surface area contributed by atoms with Crippen molar-refractivity contribution in [1.82, 2.24) is 0 Å². The Labute approximate surface area is 129 Å². The van der Waals surface area contributed by atoms with Crippen molar-refractivity contribution in [2.24, 2.45) is 17.3 Å². The van der Waals surface area contributed by atoms with Gasteiger partial charge >= 0.3 is 0 Å². The molecule has 0 bridgehead atoms. The number of halogens is 3. The molecule has 1 aromatic rings. The third kappa shape index (κ3) is 3.60. The van der Waals surface area contributed by atoms with Gasteiger partial charge < -0.3 is 0 Å². The molecule has 112 valence electrons. The molecule has 0 heterocycles. The van der Waals surface area contributed by atoms with Gasteiger partial charge in [0.25, 0.3) is 0 Å². The molecular formula is C17H23BrF2. The van der Waals surface area contributed by atoms with Crippen LogP contribution in [0.4, 0.5) is 8.78 Å². The molecule has 3 heteroatoms. The Balaban J connectivity index is 2.03. The zero-order valence-electron chi connectivity index (χ0n) is 12.4. The van der Waals surface area contributed by atoms with Gasteiger partial charge in [-0.25, -0.2) is 8.78 Å². The molecule has 1 unspecified atom stereocenters. The first-order valence-electron chi connectivity index (χ1n) is 7.38. The van der Waals surface area contributed by atoms with E-state index in [2.05, 4.69) is 36.7 Å². The fourth-order valence-electron chi connectivity index (χ4n) is 3.26. The van der Waals surface area contributed by atoms with E-state index in [9.17, 15) is 8.78 Å². The van der Waals surface area contributed by atoms with Gasteiger partial charge in [0, 0.05) is 16.5 Å². The lowest BCUT2D eigenvalue weighted by Gasteiger charge is -2.38. The molecule has 0 saturated heterocycles. The van der Waals surface area contributed by atoms with E-state index in [0.29, 0.717) is 16.9 Å². The highest BCUT2D eigenvalue weighted by atomic mass is 79.9. The van der Waals surface area contributed by atoms with Gasteiger partial charge in [0.05, 0.1) is 0 Å². The molecule has 20 heavy (non-hydrogen) atoms. The molecule has 2 rings (SSSR count). The van der Waals surface area contributed by atoms with Crippen molar-refractivity contribution in [3.8, 4) is 0 Å². The second-order valence-corrected chi connectivity index (χ2v) is 8.03. The van der Waals surface area contributed by atoms with E-state index < -0.39 is 11.6 Å². The van der Waals surface area contributed by atoms with Crippen LogP contribution in [0.25, 0.3) is 0 Å². The zero-order valence-corrected chi connectivity index (χ0v) is 14.0. The Morgan fingerprint density at radius 1 is 1.10 bits per heavy atom. The third-order valence-electron chi connectivity index (χ3n) is 4.67. The summed E-state index contributed by atoms with van der Waals surface area (Å²) in [4.78, 5) is -0.0102. The van der Waals surface area contributed by atoms with Crippen molar-refractivity contribution >= 4 is 15.9 Å². The lowest BCUT2D eigenvalue weighted by atomic mass is 9.69. The largest absolute Gasteiger partial charge is 0.207 e. The summed E-state index contributed by atoms with van der Waals surface area (Å²) in [7, 11) is 0. The van der Waals surface area contributed by atoms with Crippen LogP contribution in [-0.2, 0) is 0 Å². The first-order chi connectivity index (χ1) is 9.29. The van der Waals surface area contributed by atoms with Crippen LogP contribution in [0.1, 0.15) is 56.8 Å². The molecule has 0 nitrogen and oxygen atoms in total. The van der Waals surface area contributed by atoms with E-state index in [-0.39, 0.29) is 4.83 Å². The van der Waals surface area contributed by atoms with Crippen molar-refractivity contribution in [1.29, 1.82) is 0 Å². The SMILES string of the molecule is CC(C)(C)C1CCC(C(Br)c2ccc(F)cc2F)CC1. The molecule has 0 radical (unpaired) electrons. The number of benzene rings is 1. The van der Waals surface area contributed by atoms with Gasteiger partial charge in [0.15, 0.2) is 0 Å². The molecule has 1 saturated carbocycles. The summed E-state index contributed by atoms with van der Waals surface area (Å²) in [6.45, 7) is 6.88. The molecule has 0 spiro atoms. The lowest BCUT2D eigenvalue weighted by Crippen LogP contribution is -2.27. The van der Waals surface area contributed by atoms with Crippen LogP contribution in [0, 0.1) is 28.9 Å². The van der Waals surface area contributed by atoms with Gasteiger partial charge in [-0.05, 0) is 49.0 Å². The van der Waals surface area contributed by atoms with Gasteiger partial charge in [-0.1, -0.05) is 42.8 Å². The summed E-state index contributed by atoms with van der Waals surface area (Å²) in [5.74, 6) is 0.234. The molecule has 0 amide bonds. The maximum absolute atomic E-state index is 13.9. The molecule has 1 aliphatic carbocycles. The van der Waals surface area contributed by atoms with E-state index in [0.717, 1.165) is 24.8 Å². The van der Waals surface area contributed by atoms with E-state index in [4.69, 9.17) is 0 Å². The number of hydrogen-bond acceptors (Lipinski definition) is 0. The maximum Gasteiger partial charge on any atom is 0.130 e. The Hall–Kier alpha value is -0.440. The summed E-state index contributed by atoms with van der Waals surface area (Å²) in [5, 5.41) is 0. The smallest absolute Gasteiger partial charge is 0.130 e. The maximum atomic E-state index is 13.9. The average molecular weight is 345 g/mol. The highest BCUT2D eigenvalue weighted by molar-refractivity contribution is 9.09. The summed E-state index contributed by atoms with van der Waals surface area (Å²) in [6.07, 6.45) is 4.60. The van der Waals surface area contributed by atoms with Crippen molar-refractivity contribution < 1.29 is 8.78 Å². The van der Waals surface area contributed by atoms with E-state index >= 15 is 0 Å². The fraction of sp³-hybridized carbons (Fsp3) is 0.647. The highest BCUT2D eigenvalue weighted by Crippen LogP contribution is 2.46. The number of alkyl halides is 1. The van der Waals surface area contributed by atoms with Crippen LogP contribution in [0.2, 0.25) is 0 Å². The average Bonchev–Trinajstić information content (AvgIpc) is 2.37. The van der Waals surface area contributed by atoms with Gasteiger partial charge in [-0.15, -0.1) is 0 Å². The fourth-order valence-corrected chi connectivity index (χ4v) is 4.16. The van der Waals surface area contributed by atoms with Crippen molar-refractivity contribution in [2.45, 2.75) is 51.3 Å². The van der Waals surface area contributed by atoms with Gasteiger partial charge in [0.1, 0.15) is 11.6 Å². The minimum atomic E-state index is -0.512. The van der Waals surface area contributed by atoms with Crippen LogP contribution in [0.15, 0.2) is 18.2 Å². The second-order valence-electron chi connectivity index (χ2n) is 7.05. The Morgan fingerprint density at radius 2 is 1.70 bits per heavy atom. The van der Waals surface area contributed by atoms with Gasteiger partial charge in [0.2, 0.25) is 0 Å². The van der Waals surface area contributed by atoms with E-state index in [1.165, 1.54) is 18.9 Å². The van der Waals surface area contributed by atoms with Crippen LogP contribution >= 0.6 is 15.9 Å². The quantitative estimate of drug-likeness (QED) is 0.556. The summed E-state index contributed by atoms with van der Waals surface area (Å²) in [6, 6.07) is 3.89. The predicted octanol–water partition coefficient (Wildman–Crippen LogP) is 6.25. The van der Waals surface area contributed by atoms with Crippen LogP contribution < -0.4 is 0 Å². The minimum absolute atomic E-state index is 0.0102. The first-order valence-corrected chi connectivity index (χ1v) is 8.29. The van der Waals surface area contributed by atoms with Crippen LogP contribution in [-0.4, -0.2) is 0 Å². The second kappa shape index (κ2) is 6.13. The molecule has 0 aliphatic heterocycles. The lowest BCUT2D eigenvalue weighted by molar-refractivity contribution is 0.149. The minimum Gasteiger partial charge on any atom is -0.207 e. The summed E-state index contributed by atoms with van der Waals surface area (Å²) < 4.78 is 26.8. The first kappa shape index (κ1) is 15.9. The summed E-state index contributed by atoms with van der Waals surface area (Å²) >= 11 is 3.63. The van der Waals surface area contributed by atoms with Crippen molar-refractivity contribution in [3.05, 3.63) is 35.4 Å². The number of rotatable bonds is 2. The predicted molar refractivity (Wildman–Crippen MR) is 82.9 cm³/mol. The third-order valence-corrected chi connectivity index (χ3v) is 5.91. The molecule has 0 aromatic heterocycles. The molecule has 1 aromatic carbocycles. The van der Waals surface area contributed by atoms with Gasteiger partial charge in [-0.2, -0.15) is 0 Å². The van der Waals surface area contributed by atoms with Gasteiger partial charge in [-0.3, -0.25) is 0 Å². The Bertz CT molecular complexity index is 457. The highest BCUT2D eigenvalue weighted by Gasteiger charge is 2.33. The standard InChI is InChI=1S/C17H23BrF2/c1-17(2,3)12-6-4-11(5-7-12)16(18)14-9-8-13(19)10-15(14)20/h8-12,16H,4-7H2,1-3H3. The molecule has 0 N–H and O–H groups in total. The normalized spacial score (nSPS) is 25.5. The zero-order chi connectivity index (χ0) is 14.9. The van der Waals surface area contributed by atoms with Crippen LogP contribution in [0.3, 0.4) is 0 Å². The van der Waals surface area contributed by atoms with E-state index in [1.807, 2.05) is 0 Å². The monoisotopic (exact) mass is 344 g/mol. The Kier molecular flexibility index (Phi) is 4.88. The molecule has 1 atom stereocenters. The Morgan fingerprint density at radius 3 is 2.20 bits per heavy atom. The number of hydrogen-bond donors (Lipinski definition) is 0.